The number of hydrogen-bond donors (Lipinski definition) is 2. The normalized spacial score (nSPS) is 17.1. The Labute approximate surface area is 197 Å². The number of aliphatic hydroxyl groups excluding tert-OH is 1. The first-order valence-corrected chi connectivity index (χ1v) is 11.3. The third kappa shape index (κ3) is 5.47. The fourth-order valence-corrected chi connectivity index (χ4v) is 4.40. The van der Waals surface area contributed by atoms with Crippen LogP contribution < -0.4 is 10.2 Å². The van der Waals surface area contributed by atoms with Crippen molar-refractivity contribution in [3.05, 3.63) is 53.7 Å². The summed E-state index contributed by atoms with van der Waals surface area (Å²) < 4.78 is 42.1. The third-order valence-corrected chi connectivity index (χ3v) is 6.51. The molecule has 0 aliphatic carbocycles. The van der Waals surface area contributed by atoms with Crippen molar-refractivity contribution in [2.24, 2.45) is 7.05 Å². The van der Waals surface area contributed by atoms with Crippen LogP contribution in [0.3, 0.4) is 0 Å². The van der Waals surface area contributed by atoms with E-state index in [4.69, 9.17) is 0 Å². The van der Waals surface area contributed by atoms with Gasteiger partial charge in [-0.15, -0.1) is 10.2 Å². The van der Waals surface area contributed by atoms with Gasteiger partial charge in [0.05, 0.1) is 6.10 Å². The predicted octanol–water partition coefficient (Wildman–Crippen LogP) is 3.30. The molecule has 0 radical (unpaired) electrons. The van der Waals surface area contributed by atoms with Gasteiger partial charge >= 0.3 is 6.18 Å². The molecule has 1 aliphatic heterocycles. The van der Waals surface area contributed by atoms with E-state index in [0.29, 0.717) is 18.1 Å². The van der Waals surface area contributed by atoms with Crippen LogP contribution in [0.5, 0.6) is 0 Å². The van der Waals surface area contributed by atoms with Gasteiger partial charge < -0.3 is 19.9 Å². The Kier molecular flexibility index (Phi) is 6.75. The summed E-state index contributed by atoms with van der Waals surface area (Å²) >= 11 is 1.46. The largest absolute Gasteiger partial charge is 0.433 e. The highest BCUT2D eigenvalue weighted by atomic mass is 32.2. The molecule has 0 saturated carbocycles. The first-order chi connectivity index (χ1) is 16.1. The standard InChI is InChI=1S/C21H22F3N7O2S/c1-12(34-20-29-26-11-30(20)2)13-3-5-25-18(7-13)28-19(33)16-8-14(31-6-4-15(32)10-31)9-17(27-16)21(22,23)24/h3,5,7-9,11-12,15,32H,4,6,10H2,1-2H3,(H,25,28,33)/t12-,15-/m0/s1. The summed E-state index contributed by atoms with van der Waals surface area (Å²) in [5.74, 6) is -0.629. The maximum atomic E-state index is 13.4. The Bertz CT molecular complexity index is 1190. The van der Waals surface area contributed by atoms with E-state index in [1.807, 2.05) is 14.0 Å². The molecule has 0 spiro atoms. The number of carbonyl (C=O) groups is 1. The summed E-state index contributed by atoms with van der Waals surface area (Å²) in [4.78, 5) is 22.1. The summed E-state index contributed by atoms with van der Waals surface area (Å²) in [6.45, 7) is 2.52. The van der Waals surface area contributed by atoms with Gasteiger partial charge in [-0.25, -0.2) is 9.97 Å². The van der Waals surface area contributed by atoms with Crippen LogP contribution in [0.4, 0.5) is 24.7 Å². The Balaban J connectivity index is 1.55. The molecule has 2 atom stereocenters. The van der Waals surface area contributed by atoms with E-state index in [2.05, 4.69) is 25.5 Å². The highest BCUT2D eigenvalue weighted by Gasteiger charge is 2.35. The van der Waals surface area contributed by atoms with Crippen molar-refractivity contribution in [3.63, 3.8) is 0 Å². The van der Waals surface area contributed by atoms with E-state index >= 15 is 0 Å². The second kappa shape index (κ2) is 9.58. The molecule has 180 valence electrons. The molecule has 1 aliphatic rings. The summed E-state index contributed by atoms with van der Waals surface area (Å²) in [6.07, 6.45) is -1.82. The lowest BCUT2D eigenvalue weighted by atomic mass is 10.2. The van der Waals surface area contributed by atoms with Crippen molar-refractivity contribution < 1.29 is 23.1 Å². The van der Waals surface area contributed by atoms with Crippen molar-refractivity contribution in [1.82, 2.24) is 24.7 Å². The van der Waals surface area contributed by atoms with E-state index in [1.165, 1.54) is 24.0 Å². The second-order valence-electron chi connectivity index (χ2n) is 7.90. The monoisotopic (exact) mass is 493 g/mol. The van der Waals surface area contributed by atoms with Crippen LogP contribution in [0, 0.1) is 0 Å². The molecule has 9 nitrogen and oxygen atoms in total. The molecule has 13 heteroatoms. The maximum absolute atomic E-state index is 13.4. The molecule has 0 bridgehead atoms. The Hall–Kier alpha value is -3.19. The van der Waals surface area contributed by atoms with Crippen LogP contribution in [-0.2, 0) is 13.2 Å². The molecule has 3 aromatic rings. The lowest BCUT2D eigenvalue weighted by Gasteiger charge is -2.20. The number of thioether (sulfide) groups is 1. The average Bonchev–Trinajstić information content (AvgIpc) is 3.41. The van der Waals surface area contributed by atoms with Crippen molar-refractivity contribution in [2.75, 3.05) is 23.3 Å². The van der Waals surface area contributed by atoms with Gasteiger partial charge in [-0.3, -0.25) is 4.79 Å². The molecule has 3 aromatic heterocycles. The first kappa shape index (κ1) is 24.0. The summed E-state index contributed by atoms with van der Waals surface area (Å²) in [5, 5.41) is 20.8. The molecule has 1 amide bonds. The lowest BCUT2D eigenvalue weighted by molar-refractivity contribution is -0.141. The minimum atomic E-state index is -4.73. The minimum absolute atomic E-state index is 0.0542. The van der Waals surface area contributed by atoms with Gasteiger partial charge in [-0.1, -0.05) is 11.8 Å². The van der Waals surface area contributed by atoms with Gasteiger partial charge in [0.1, 0.15) is 23.5 Å². The van der Waals surface area contributed by atoms with E-state index in [0.717, 1.165) is 11.6 Å². The van der Waals surface area contributed by atoms with Crippen molar-refractivity contribution in [3.8, 4) is 0 Å². The summed E-state index contributed by atoms with van der Waals surface area (Å²) in [6, 6.07) is 5.61. The zero-order valence-corrected chi connectivity index (χ0v) is 19.1. The average molecular weight is 494 g/mol. The third-order valence-electron chi connectivity index (χ3n) is 5.31. The number of amides is 1. The van der Waals surface area contributed by atoms with E-state index in [1.54, 1.807) is 27.9 Å². The Morgan fingerprint density at radius 2 is 2.12 bits per heavy atom. The molecular weight excluding hydrogens is 471 g/mol. The number of rotatable bonds is 6. The van der Waals surface area contributed by atoms with Crippen molar-refractivity contribution >= 4 is 29.2 Å². The number of anilines is 2. The van der Waals surface area contributed by atoms with Gasteiger partial charge in [0.25, 0.3) is 5.91 Å². The number of aromatic nitrogens is 5. The zero-order valence-electron chi connectivity index (χ0n) is 18.3. The first-order valence-electron chi connectivity index (χ1n) is 10.4. The SMILES string of the molecule is C[C@H](Sc1nncn1C)c1ccnc(NC(=O)c2cc(N3CC[C@H](O)C3)cc(C(F)(F)F)n2)c1. The number of nitrogens with one attached hydrogen (secondary N) is 1. The lowest BCUT2D eigenvalue weighted by Crippen LogP contribution is -2.24. The molecule has 0 aromatic carbocycles. The van der Waals surface area contributed by atoms with Gasteiger partial charge in [-0.2, -0.15) is 13.2 Å². The number of aryl methyl sites for hydroxylation is 1. The number of β-amino-alcohol motifs (C(OH)–C–C–N with tert-alkyl or cyclic N) is 1. The smallest absolute Gasteiger partial charge is 0.391 e. The fourth-order valence-electron chi connectivity index (χ4n) is 3.49. The van der Waals surface area contributed by atoms with Crippen LogP contribution in [0.2, 0.25) is 0 Å². The molecule has 1 fully saturated rings. The van der Waals surface area contributed by atoms with E-state index in [-0.39, 0.29) is 29.0 Å². The number of nitrogens with zero attached hydrogens (tertiary/aromatic N) is 6. The number of pyridine rings is 2. The molecule has 0 unspecified atom stereocenters. The van der Waals surface area contributed by atoms with Crippen LogP contribution in [0.15, 0.2) is 41.9 Å². The number of alkyl halides is 3. The van der Waals surface area contributed by atoms with Crippen LogP contribution in [0.1, 0.15) is 40.3 Å². The summed E-state index contributed by atoms with van der Waals surface area (Å²) in [5.41, 5.74) is -0.548. The molecule has 34 heavy (non-hydrogen) atoms. The molecule has 4 heterocycles. The zero-order chi connectivity index (χ0) is 24.5. The predicted molar refractivity (Wildman–Crippen MR) is 120 cm³/mol. The Morgan fingerprint density at radius 1 is 1.32 bits per heavy atom. The second-order valence-corrected chi connectivity index (χ2v) is 9.20. The van der Waals surface area contributed by atoms with Gasteiger partial charge in [0.2, 0.25) is 0 Å². The number of halogens is 3. The molecule has 4 rings (SSSR count). The van der Waals surface area contributed by atoms with Crippen LogP contribution in [0.25, 0.3) is 0 Å². The maximum Gasteiger partial charge on any atom is 0.433 e. The highest BCUT2D eigenvalue weighted by molar-refractivity contribution is 7.99. The van der Waals surface area contributed by atoms with Crippen molar-refractivity contribution in [2.45, 2.75) is 36.0 Å². The molecule has 1 saturated heterocycles. The molecule has 2 N–H and O–H groups in total. The van der Waals surface area contributed by atoms with Crippen molar-refractivity contribution in [1.29, 1.82) is 0 Å². The number of aliphatic hydroxyl groups is 1. The molecular formula is C21H22F3N7O2S. The summed E-state index contributed by atoms with van der Waals surface area (Å²) in [7, 11) is 1.83. The van der Waals surface area contributed by atoms with Gasteiger partial charge in [0.15, 0.2) is 5.16 Å². The van der Waals surface area contributed by atoms with E-state index < -0.39 is 23.9 Å². The highest BCUT2D eigenvalue weighted by Crippen LogP contribution is 2.34. The van der Waals surface area contributed by atoms with Crippen LogP contribution >= 0.6 is 11.8 Å². The number of carbonyl (C=O) groups excluding carboxylic acids is 1. The van der Waals surface area contributed by atoms with Gasteiger partial charge in [-0.05, 0) is 43.2 Å². The topological polar surface area (TPSA) is 109 Å². The van der Waals surface area contributed by atoms with Crippen LogP contribution in [-0.4, -0.2) is 54.9 Å². The van der Waals surface area contributed by atoms with E-state index in [9.17, 15) is 23.1 Å². The fraction of sp³-hybridized carbons (Fsp3) is 0.381. The number of hydrogen-bond acceptors (Lipinski definition) is 8. The van der Waals surface area contributed by atoms with Gasteiger partial charge in [0, 0.05) is 37.3 Å². The Morgan fingerprint density at radius 3 is 2.76 bits per heavy atom. The minimum Gasteiger partial charge on any atom is -0.391 e. The quantitative estimate of drug-likeness (QED) is 0.504.